The molecule has 60 heavy (non-hydrogen) atoms. The van der Waals surface area contributed by atoms with Gasteiger partial charge in [0, 0.05) is 25.7 Å². The van der Waals surface area contributed by atoms with Gasteiger partial charge in [0.25, 0.3) is 5.91 Å². The maximum absolute atomic E-state index is 14.6. The molecule has 0 bridgehead atoms. The Morgan fingerprint density at radius 3 is 2.10 bits per heavy atom. The number of likely N-dealkylation sites (tertiary alicyclic amines) is 3. The lowest BCUT2D eigenvalue weighted by molar-refractivity contribution is -0.137. The van der Waals surface area contributed by atoms with E-state index in [0.29, 0.717) is 30.2 Å². The number of hydrogen-bond acceptors (Lipinski definition) is 6. The van der Waals surface area contributed by atoms with Crippen molar-refractivity contribution >= 4 is 17.7 Å². The SMILES string of the molecule is CNC(=O)c1[nH]c([C@@H]2CCCN2C(=O)[C@@H](C2=CC=CCC2)N2CCCCC2)nc1-c1ccc(-c2ccc(-c3cnc([C@@H]4CCCN4C(=O)Cc4ccccc4)[nH]3)cc2)cc1. The standard InChI is InChI=1S/C49H54N8O3/c1-50-48(59)44-43(53-47(54-44)41-18-12-30-57(41)49(60)45(38-15-7-3-8-16-38)55-27-9-4-10-28-55)37-25-21-35(22-26-37)34-19-23-36(24-20-34)39-32-51-46(52-39)40-17-11-29-56(40)42(58)31-33-13-5-2-6-14-33/h2-3,5-7,13-15,19-26,32,40-41,45H,4,8-12,16-18,27-31H2,1H3,(H,50,59)(H,51,52)(H,53,54)/t40-,41-,45+/m0/s1. The van der Waals surface area contributed by atoms with Crippen molar-refractivity contribution in [3.8, 4) is 33.6 Å². The van der Waals surface area contributed by atoms with Crippen molar-refractivity contribution in [2.24, 2.45) is 0 Å². The maximum Gasteiger partial charge on any atom is 0.269 e. The second kappa shape index (κ2) is 17.6. The fraction of sp³-hybridized carbons (Fsp3) is 0.367. The summed E-state index contributed by atoms with van der Waals surface area (Å²) in [6.45, 7) is 3.29. The predicted molar refractivity (Wildman–Crippen MR) is 234 cm³/mol. The van der Waals surface area contributed by atoms with E-state index in [9.17, 15) is 14.4 Å². The van der Waals surface area contributed by atoms with Crippen molar-refractivity contribution in [1.82, 2.24) is 40.0 Å². The van der Waals surface area contributed by atoms with Crippen LogP contribution >= 0.6 is 0 Å². The van der Waals surface area contributed by atoms with E-state index >= 15 is 0 Å². The first-order valence-corrected chi connectivity index (χ1v) is 21.8. The number of allylic oxidation sites excluding steroid dienone is 3. The average Bonchev–Trinajstić information content (AvgIpc) is 4.14. The van der Waals surface area contributed by atoms with Crippen LogP contribution in [0.3, 0.4) is 0 Å². The minimum absolute atomic E-state index is 0.0550. The van der Waals surface area contributed by atoms with Crippen LogP contribution in [-0.4, -0.2) is 91.6 Å². The molecule has 0 radical (unpaired) electrons. The van der Waals surface area contributed by atoms with Gasteiger partial charge in [0.05, 0.1) is 30.4 Å². The highest BCUT2D eigenvalue weighted by Gasteiger charge is 2.40. The van der Waals surface area contributed by atoms with Crippen LogP contribution in [0.2, 0.25) is 0 Å². The van der Waals surface area contributed by atoms with E-state index in [1.807, 2.05) is 58.5 Å². The van der Waals surface area contributed by atoms with E-state index in [1.165, 1.54) is 12.0 Å². The van der Waals surface area contributed by atoms with Gasteiger partial charge < -0.3 is 25.1 Å². The van der Waals surface area contributed by atoms with Gasteiger partial charge in [-0.3, -0.25) is 19.3 Å². The Hall–Kier alpha value is -6.07. The number of benzene rings is 3. The van der Waals surface area contributed by atoms with Gasteiger partial charge in [-0.15, -0.1) is 0 Å². The summed E-state index contributed by atoms with van der Waals surface area (Å²) in [7, 11) is 1.63. The van der Waals surface area contributed by atoms with Gasteiger partial charge in [-0.05, 0) is 92.3 Å². The third-order valence-electron chi connectivity index (χ3n) is 12.8. The smallest absolute Gasteiger partial charge is 0.269 e. The molecule has 5 aromatic rings. The van der Waals surface area contributed by atoms with E-state index in [0.717, 1.165) is 110 Å². The van der Waals surface area contributed by atoms with Crippen LogP contribution in [0.15, 0.2) is 109 Å². The molecule has 3 atom stereocenters. The lowest BCUT2D eigenvalue weighted by Gasteiger charge is -2.38. The molecule has 0 unspecified atom stereocenters. The second-order valence-corrected chi connectivity index (χ2v) is 16.6. The van der Waals surface area contributed by atoms with Crippen molar-refractivity contribution in [1.29, 1.82) is 0 Å². The quantitative estimate of drug-likeness (QED) is 0.124. The fourth-order valence-corrected chi connectivity index (χ4v) is 9.63. The lowest BCUT2D eigenvalue weighted by Crippen LogP contribution is -2.51. The van der Waals surface area contributed by atoms with Crippen molar-refractivity contribution in [3.05, 3.63) is 132 Å². The number of amides is 3. The highest BCUT2D eigenvalue weighted by molar-refractivity contribution is 5.98. The highest BCUT2D eigenvalue weighted by Crippen LogP contribution is 2.37. The lowest BCUT2D eigenvalue weighted by atomic mass is 9.93. The summed E-state index contributed by atoms with van der Waals surface area (Å²) in [5.41, 5.74) is 8.05. The molecule has 5 heterocycles. The Labute approximate surface area is 352 Å². The Balaban J connectivity index is 0.907. The minimum Gasteiger partial charge on any atom is -0.354 e. The van der Waals surface area contributed by atoms with Crippen LogP contribution in [0.5, 0.6) is 0 Å². The molecule has 3 fully saturated rings. The number of aromatic nitrogens is 4. The third-order valence-corrected chi connectivity index (χ3v) is 12.8. The van der Waals surface area contributed by atoms with Crippen LogP contribution in [0.4, 0.5) is 0 Å². The number of nitrogens with zero attached hydrogens (tertiary/aromatic N) is 5. The van der Waals surface area contributed by atoms with Crippen LogP contribution in [0.25, 0.3) is 33.6 Å². The summed E-state index contributed by atoms with van der Waals surface area (Å²) in [5.74, 6) is 1.51. The molecule has 3 N–H and O–H groups in total. The molecular weight excluding hydrogens is 749 g/mol. The number of aromatic amines is 2. The van der Waals surface area contributed by atoms with Gasteiger partial charge in [0.2, 0.25) is 11.8 Å². The molecule has 3 saturated heterocycles. The minimum atomic E-state index is -0.257. The molecule has 9 rings (SSSR count). The van der Waals surface area contributed by atoms with Crippen LogP contribution in [0.1, 0.15) is 97.6 Å². The molecule has 3 aromatic carbocycles. The topological polar surface area (TPSA) is 130 Å². The van der Waals surface area contributed by atoms with Gasteiger partial charge in [-0.25, -0.2) is 9.97 Å². The maximum atomic E-state index is 14.6. The number of nitrogens with one attached hydrogen (secondary N) is 3. The second-order valence-electron chi connectivity index (χ2n) is 16.6. The van der Waals surface area contributed by atoms with Crippen LogP contribution in [-0.2, 0) is 16.0 Å². The first kappa shape index (κ1) is 39.4. The van der Waals surface area contributed by atoms with Gasteiger partial charge in [-0.1, -0.05) is 104 Å². The fourth-order valence-electron chi connectivity index (χ4n) is 9.63. The molecule has 1 aliphatic carbocycles. The number of hydrogen-bond donors (Lipinski definition) is 3. The summed E-state index contributed by atoms with van der Waals surface area (Å²) < 4.78 is 0. The summed E-state index contributed by atoms with van der Waals surface area (Å²) >= 11 is 0. The van der Waals surface area contributed by atoms with Crippen molar-refractivity contribution in [3.63, 3.8) is 0 Å². The summed E-state index contributed by atoms with van der Waals surface area (Å²) in [6, 6.07) is 25.9. The molecule has 3 amide bonds. The molecule has 11 nitrogen and oxygen atoms in total. The number of H-pyrrole nitrogens is 2. The molecule has 0 saturated carbocycles. The molecular formula is C49H54N8O3. The summed E-state index contributed by atoms with van der Waals surface area (Å²) in [5, 5.41) is 2.79. The Morgan fingerprint density at radius 2 is 1.42 bits per heavy atom. The van der Waals surface area contributed by atoms with E-state index in [-0.39, 0.29) is 35.8 Å². The monoisotopic (exact) mass is 802 g/mol. The van der Waals surface area contributed by atoms with Crippen molar-refractivity contribution < 1.29 is 14.4 Å². The normalized spacial score (nSPS) is 20.0. The van der Waals surface area contributed by atoms with E-state index in [4.69, 9.17) is 9.97 Å². The zero-order chi connectivity index (χ0) is 41.0. The zero-order valence-corrected chi connectivity index (χ0v) is 34.4. The van der Waals surface area contributed by atoms with Crippen LogP contribution < -0.4 is 5.32 Å². The first-order chi connectivity index (χ1) is 29.4. The zero-order valence-electron chi connectivity index (χ0n) is 34.4. The number of carbonyl (C=O) groups is 3. The van der Waals surface area contributed by atoms with E-state index in [1.54, 1.807) is 7.05 Å². The molecule has 11 heteroatoms. The van der Waals surface area contributed by atoms with Crippen LogP contribution in [0, 0.1) is 0 Å². The average molecular weight is 803 g/mol. The van der Waals surface area contributed by atoms with Gasteiger partial charge in [-0.2, -0.15) is 0 Å². The first-order valence-electron chi connectivity index (χ1n) is 21.8. The van der Waals surface area contributed by atoms with E-state index in [2.05, 4.69) is 74.8 Å². The highest BCUT2D eigenvalue weighted by atomic mass is 16.2. The number of rotatable bonds is 11. The Kier molecular flexibility index (Phi) is 11.6. The molecule has 2 aromatic heterocycles. The summed E-state index contributed by atoms with van der Waals surface area (Å²) in [4.78, 5) is 64.2. The molecule has 0 spiro atoms. The summed E-state index contributed by atoms with van der Waals surface area (Å²) in [6.07, 6.45) is 17.5. The van der Waals surface area contributed by atoms with Gasteiger partial charge >= 0.3 is 0 Å². The molecule has 4 aliphatic rings. The number of imidazole rings is 2. The van der Waals surface area contributed by atoms with Crippen molar-refractivity contribution in [2.75, 3.05) is 33.2 Å². The van der Waals surface area contributed by atoms with Gasteiger partial charge in [0.1, 0.15) is 29.1 Å². The molecule has 308 valence electrons. The predicted octanol–water partition coefficient (Wildman–Crippen LogP) is 8.19. The van der Waals surface area contributed by atoms with E-state index < -0.39 is 0 Å². The van der Waals surface area contributed by atoms with Crippen molar-refractivity contribution in [2.45, 2.75) is 82.3 Å². The number of carbonyl (C=O) groups excluding carboxylic acids is 3. The molecule has 3 aliphatic heterocycles. The van der Waals surface area contributed by atoms with Gasteiger partial charge in [0.15, 0.2) is 0 Å². The third kappa shape index (κ3) is 8.10. The largest absolute Gasteiger partial charge is 0.354 e. The Morgan fingerprint density at radius 1 is 0.750 bits per heavy atom. The number of piperidine rings is 1. The Bertz CT molecular complexity index is 2370.